The van der Waals surface area contributed by atoms with Crippen molar-refractivity contribution in [1.82, 2.24) is 14.5 Å². The number of likely N-dealkylation sites (tertiary alicyclic amines) is 1. The predicted octanol–water partition coefficient (Wildman–Crippen LogP) is 1.05. The molecule has 0 aliphatic carbocycles. The van der Waals surface area contributed by atoms with E-state index in [1.165, 1.54) is 0 Å². The molecular weight excluding hydrogens is 340 g/mol. The van der Waals surface area contributed by atoms with E-state index in [9.17, 15) is 14.7 Å². The number of para-hydroxylation sites is 1. The number of rotatable bonds is 3. The largest absolute Gasteiger partial charge is 0.395 e. The molecule has 25 heavy (non-hydrogen) atoms. The second kappa shape index (κ2) is 6.20. The van der Waals surface area contributed by atoms with Crippen molar-refractivity contribution >= 4 is 29.0 Å². The van der Waals surface area contributed by atoms with Crippen molar-refractivity contribution in [1.29, 1.82) is 0 Å². The summed E-state index contributed by atoms with van der Waals surface area (Å²) in [5, 5.41) is 14.8. The number of anilines is 1. The van der Waals surface area contributed by atoms with E-state index in [0.717, 1.165) is 22.8 Å². The molecule has 4 rings (SSSR count). The zero-order valence-corrected chi connectivity index (χ0v) is 14.4. The number of β-amino-alcohol motifs (C(OH)–C–C–N with tert-alkyl or cyclic N) is 1. The van der Waals surface area contributed by atoms with E-state index < -0.39 is 5.41 Å². The van der Waals surface area contributed by atoms with E-state index in [2.05, 4.69) is 9.59 Å². The van der Waals surface area contributed by atoms with Crippen molar-refractivity contribution in [3.8, 4) is 0 Å². The third-order valence-corrected chi connectivity index (χ3v) is 5.68. The van der Waals surface area contributed by atoms with Gasteiger partial charge in [0.1, 0.15) is 0 Å². The fourth-order valence-corrected chi connectivity index (χ4v) is 4.34. The quantitative estimate of drug-likeness (QED) is 0.886. The van der Waals surface area contributed by atoms with Gasteiger partial charge in [0, 0.05) is 30.7 Å². The highest BCUT2D eigenvalue weighted by atomic mass is 32.1. The third-order valence-electron chi connectivity index (χ3n) is 5.17. The Labute approximate surface area is 149 Å². The molecule has 0 unspecified atom stereocenters. The molecule has 1 spiro atoms. The van der Waals surface area contributed by atoms with E-state index in [1.807, 2.05) is 24.3 Å². The number of hydrogen-bond donors (Lipinski definition) is 1. The number of hydrogen-bond acceptors (Lipinski definition) is 6. The molecule has 2 aromatic rings. The number of fused-ring (bicyclic) bond motifs is 2. The zero-order valence-electron chi connectivity index (χ0n) is 13.6. The molecule has 0 radical (unpaired) electrons. The summed E-state index contributed by atoms with van der Waals surface area (Å²) in [5.74, 6) is -0.0975. The molecule has 130 valence electrons. The van der Waals surface area contributed by atoms with Crippen molar-refractivity contribution < 1.29 is 14.7 Å². The van der Waals surface area contributed by atoms with Crippen LogP contribution in [-0.4, -0.2) is 57.6 Å². The lowest BCUT2D eigenvalue weighted by Gasteiger charge is -2.38. The average molecular weight is 358 g/mol. The van der Waals surface area contributed by atoms with Crippen LogP contribution in [0.4, 0.5) is 5.69 Å². The van der Waals surface area contributed by atoms with Crippen LogP contribution in [0.15, 0.2) is 29.6 Å². The fraction of sp³-hybridized carbons (Fsp3) is 0.412. The fourth-order valence-electron chi connectivity index (χ4n) is 3.91. The summed E-state index contributed by atoms with van der Waals surface area (Å²) >= 11 is 1.15. The normalized spacial score (nSPS) is 18.7. The first-order valence-corrected chi connectivity index (χ1v) is 9.10. The van der Waals surface area contributed by atoms with E-state index in [-0.39, 0.29) is 18.4 Å². The van der Waals surface area contributed by atoms with Gasteiger partial charge in [0.05, 0.1) is 12.0 Å². The molecule has 3 heterocycles. The molecule has 8 heteroatoms. The van der Waals surface area contributed by atoms with Gasteiger partial charge in [-0.1, -0.05) is 22.7 Å². The van der Waals surface area contributed by atoms with Gasteiger partial charge in [-0.3, -0.25) is 9.59 Å². The number of aromatic nitrogens is 2. The summed E-state index contributed by atoms with van der Waals surface area (Å²) in [6.07, 6.45) is 1.15. The number of nitrogens with zero attached hydrogens (tertiary/aromatic N) is 4. The second-order valence-electron chi connectivity index (χ2n) is 6.36. The van der Waals surface area contributed by atoms with Crippen molar-refractivity contribution in [2.24, 2.45) is 0 Å². The molecule has 1 saturated heterocycles. The Balaban J connectivity index is 1.60. The molecule has 1 aromatic heterocycles. The number of carbonyl (C=O) groups excluding carboxylic acids is 2. The summed E-state index contributed by atoms with van der Waals surface area (Å²) in [6, 6.07) is 7.76. The summed E-state index contributed by atoms with van der Waals surface area (Å²) in [5.41, 5.74) is 1.66. The van der Waals surface area contributed by atoms with Crippen LogP contribution in [-0.2, 0) is 10.2 Å². The van der Waals surface area contributed by atoms with Crippen LogP contribution in [0.3, 0.4) is 0 Å². The van der Waals surface area contributed by atoms with Crippen LogP contribution in [0.25, 0.3) is 0 Å². The standard InChI is InChI=1S/C17H18N4O3S/c22-10-9-21-14-4-2-1-3-12(14)17(16(21)24)5-7-20(8-6-17)15(23)13-11-25-19-18-13/h1-4,11,22H,5-10H2. The molecule has 0 saturated carbocycles. The lowest BCUT2D eigenvalue weighted by Crippen LogP contribution is -2.50. The maximum atomic E-state index is 13.1. The number of benzene rings is 1. The maximum absolute atomic E-state index is 13.1. The van der Waals surface area contributed by atoms with E-state index in [4.69, 9.17) is 0 Å². The Morgan fingerprint density at radius 3 is 2.72 bits per heavy atom. The monoisotopic (exact) mass is 358 g/mol. The van der Waals surface area contributed by atoms with Gasteiger partial charge in [-0.15, -0.1) is 5.10 Å². The SMILES string of the molecule is O=C(c1csnn1)N1CCC2(CC1)C(=O)N(CCO)c1ccccc12. The molecule has 1 fully saturated rings. The van der Waals surface area contributed by atoms with Crippen LogP contribution in [0, 0.1) is 0 Å². The number of aliphatic hydroxyl groups excluding tert-OH is 1. The van der Waals surface area contributed by atoms with E-state index in [1.54, 1.807) is 15.2 Å². The third kappa shape index (κ3) is 2.44. The zero-order chi connectivity index (χ0) is 17.4. The van der Waals surface area contributed by atoms with Gasteiger partial charge in [0.15, 0.2) is 5.69 Å². The van der Waals surface area contributed by atoms with E-state index in [0.29, 0.717) is 38.2 Å². The molecule has 0 bridgehead atoms. The highest BCUT2D eigenvalue weighted by molar-refractivity contribution is 7.03. The average Bonchev–Trinajstić information content (AvgIpc) is 3.26. The number of piperidine rings is 1. The predicted molar refractivity (Wildman–Crippen MR) is 92.6 cm³/mol. The first-order chi connectivity index (χ1) is 12.2. The minimum Gasteiger partial charge on any atom is -0.395 e. The van der Waals surface area contributed by atoms with E-state index >= 15 is 0 Å². The number of carbonyl (C=O) groups is 2. The summed E-state index contributed by atoms with van der Waals surface area (Å²) < 4.78 is 3.74. The first kappa shape index (κ1) is 16.2. The smallest absolute Gasteiger partial charge is 0.275 e. The topological polar surface area (TPSA) is 86.6 Å². The van der Waals surface area contributed by atoms with Crippen LogP contribution in [0.2, 0.25) is 0 Å². The maximum Gasteiger partial charge on any atom is 0.275 e. The van der Waals surface area contributed by atoms with Crippen LogP contribution < -0.4 is 4.90 Å². The highest BCUT2D eigenvalue weighted by Gasteiger charge is 2.52. The molecule has 2 amide bonds. The van der Waals surface area contributed by atoms with Crippen molar-refractivity contribution in [2.75, 3.05) is 31.1 Å². The van der Waals surface area contributed by atoms with Gasteiger partial charge in [0.25, 0.3) is 5.91 Å². The molecule has 2 aliphatic rings. The van der Waals surface area contributed by atoms with Gasteiger partial charge in [-0.2, -0.15) is 0 Å². The van der Waals surface area contributed by atoms with Crippen LogP contribution in [0.5, 0.6) is 0 Å². The van der Waals surface area contributed by atoms with Crippen molar-refractivity contribution in [2.45, 2.75) is 18.3 Å². The van der Waals surface area contributed by atoms with Crippen molar-refractivity contribution in [3.63, 3.8) is 0 Å². The van der Waals surface area contributed by atoms with Crippen LogP contribution >= 0.6 is 11.5 Å². The molecule has 1 N–H and O–H groups in total. The van der Waals surface area contributed by atoms with Gasteiger partial charge in [0.2, 0.25) is 5.91 Å². The van der Waals surface area contributed by atoms with Gasteiger partial charge < -0.3 is 14.9 Å². The van der Waals surface area contributed by atoms with Gasteiger partial charge in [-0.25, -0.2) is 0 Å². The molecule has 1 aromatic carbocycles. The number of aliphatic hydroxyl groups is 1. The van der Waals surface area contributed by atoms with Crippen molar-refractivity contribution in [3.05, 3.63) is 40.9 Å². The molecule has 2 aliphatic heterocycles. The molecule has 0 atom stereocenters. The van der Waals surface area contributed by atoms with Gasteiger partial charge >= 0.3 is 0 Å². The Morgan fingerprint density at radius 2 is 2.04 bits per heavy atom. The lowest BCUT2D eigenvalue weighted by atomic mass is 9.73. The Hall–Kier alpha value is -2.32. The number of amides is 2. The minimum absolute atomic E-state index is 0.0326. The Bertz CT molecular complexity index is 800. The van der Waals surface area contributed by atoms with Crippen LogP contribution in [0.1, 0.15) is 28.9 Å². The van der Waals surface area contributed by atoms with Gasteiger partial charge in [-0.05, 0) is 36.0 Å². The lowest BCUT2D eigenvalue weighted by molar-refractivity contribution is -0.124. The Kier molecular flexibility index (Phi) is 4.01. The molecule has 7 nitrogen and oxygen atoms in total. The first-order valence-electron chi connectivity index (χ1n) is 8.26. The minimum atomic E-state index is -0.594. The second-order valence-corrected chi connectivity index (χ2v) is 6.97. The summed E-state index contributed by atoms with van der Waals surface area (Å²) in [6.45, 7) is 1.23. The summed E-state index contributed by atoms with van der Waals surface area (Å²) in [4.78, 5) is 29.0. The Morgan fingerprint density at radius 1 is 1.28 bits per heavy atom. The molecular formula is C17H18N4O3S. The summed E-state index contributed by atoms with van der Waals surface area (Å²) in [7, 11) is 0. The highest BCUT2D eigenvalue weighted by Crippen LogP contribution is 2.47.